The summed E-state index contributed by atoms with van der Waals surface area (Å²) in [6.07, 6.45) is 0. The van der Waals surface area contributed by atoms with E-state index < -0.39 is 29.3 Å². The maximum Gasteiger partial charge on any atom is 0.241 e. The van der Waals surface area contributed by atoms with Crippen LogP contribution in [0, 0.1) is 6.92 Å². The molecule has 1 aromatic rings. The molecule has 1 N–H and O–H groups in total. The van der Waals surface area contributed by atoms with Crippen molar-refractivity contribution < 1.29 is 17.5 Å². The second-order valence-corrected chi connectivity index (χ2v) is 10.5. The van der Waals surface area contributed by atoms with E-state index in [-0.39, 0.29) is 4.90 Å². The van der Waals surface area contributed by atoms with Crippen LogP contribution in [0.3, 0.4) is 0 Å². The summed E-state index contributed by atoms with van der Waals surface area (Å²) in [6, 6.07) is 5.73. The molecule has 1 aromatic carbocycles. The lowest BCUT2D eigenvalue weighted by atomic mass is 10.2. The van der Waals surface area contributed by atoms with Crippen molar-refractivity contribution >= 4 is 54.1 Å². The molecule has 0 unspecified atom stereocenters. The number of aryl methyl sites for hydroxylation is 1. The summed E-state index contributed by atoms with van der Waals surface area (Å²) in [7, 11) is 16.4. The smallest absolute Gasteiger partial charge is 0.241 e. The molecule has 0 saturated carbocycles. The predicted octanol–water partition coefficient (Wildman–Crippen LogP) is 0.617. The first-order valence-electron chi connectivity index (χ1n) is 5.27. The van der Waals surface area contributed by atoms with Crippen LogP contribution < -0.4 is 4.72 Å². The van der Waals surface area contributed by atoms with Gasteiger partial charge in [-0.1, -0.05) is 17.7 Å². The molecule has 0 aliphatic rings. The first-order chi connectivity index (χ1) is 8.84. The Morgan fingerprint density at radius 3 is 1.75 bits per heavy atom. The highest BCUT2D eigenvalue weighted by Crippen LogP contribution is 2.57. The Labute approximate surface area is 123 Å². The van der Waals surface area contributed by atoms with Gasteiger partial charge in [0.05, 0.1) is 10.4 Å². The van der Waals surface area contributed by atoms with Crippen molar-refractivity contribution in [1.82, 2.24) is 4.72 Å². The Morgan fingerprint density at radius 2 is 1.40 bits per heavy atom. The Kier molecular flexibility index (Phi) is 5.30. The Bertz CT molecular complexity index is 659. The predicted molar refractivity (Wildman–Crippen MR) is 83.5 cm³/mol. The number of benzene rings is 1. The first kappa shape index (κ1) is 17.9. The highest BCUT2D eigenvalue weighted by atomic mass is 32.2. The molecule has 0 bridgehead atoms. The fourth-order valence-corrected chi connectivity index (χ4v) is 6.69. The van der Waals surface area contributed by atoms with E-state index in [1.165, 1.54) is 12.1 Å². The van der Waals surface area contributed by atoms with E-state index in [2.05, 4.69) is 0 Å². The lowest BCUT2D eigenvalue weighted by Crippen LogP contribution is -2.35. The van der Waals surface area contributed by atoms with Crippen LogP contribution in [0.2, 0.25) is 0 Å². The molecule has 0 aromatic heterocycles. The zero-order valence-corrected chi connectivity index (χ0v) is 13.2. The van der Waals surface area contributed by atoms with E-state index in [4.69, 9.17) is 30.3 Å². The summed E-state index contributed by atoms with van der Waals surface area (Å²) >= 11 is 0. The van der Waals surface area contributed by atoms with Gasteiger partial charge in [0.25, 0.3) is 0 Å². The van der Waals surface area contributed by atoms with Crippen molar-refractivity contribution in [2.75, 3.05) is 0 Å². The second-order valence-electron chi connectivity index (χ2n) is 4.33. The molecule has 0 fully saturated rings. The van der Waals surface area contributed by atoms with Crippen LogP contribution >= 0.6 is 13.8 Å². The molecule has 0 atom stereocenters. The summed E-state index contributed by atoms with van der Waals surface area (Å²) < 4.78 is 49.2. The first-order valence-corrected chi connectivity index (χ1v) is 10.6. The summed E-state index contributed by atoms with van der Waals surface area (Å²) in [5.41, 5.74) is -1.09. The van der Waals surface area contributed by atoms with Crippen molar-refractivity contribution in [3.05, 3.63) is 29.8 Å². The molecule has 20 heavy (non-hydrogen) atoms. The molecule has 12 heteroatoms. The SMILES string of the molecule is [B]P([B])(=O)C(NS(=O)(=O)c1ccc(C)cc1)P([B])([B])=O. The van der Waals surface area contributed by atoms with Crippen molar-refractivity contribution in [3.8, 4) is 0 Å². The fraction of sp³-hybridized carbons (Fsp3) is 0.250. The molecular weight excluding hydrogens is 311 g/mol. The molecule has 0 spiro atoms. The third-order valence-corrected chi connectivity index (χ3v) is 8.10. The van der Waals surface area contributed by atoms with Gasteiger partial charge in [-0.25, -0.2) is 8.42 Å². The number of hydrogen-bond acceptors (Lipinski definition) is 4. The van der Waals surface area contributed by atoms with E-state index in [1.807, 2.05) is 4.72 Å². The molecule has 1 rings (SSSR count). The Morgan fingerprint density at radius 1 is 1.00 bits per heavy atom. The highest BCUT2D eigenvalue weighted by Gasteiger charge is 2.35. The largest absolute Gasteiger partial charge is 0.344 e. The van der Waals surface area contributed by atoms with Crippen LogP contribution in [0.4, 0.5) is 0 Å². The molecule has 0 heterocycles. The molecule has 0 aliphatic carbocycles. The van der Waals surface area contributed by atoms with E-state index in [9.17, 15) is 17.5 Å². The standard InChI is InChI=1S/C8H9B4NO4P2S/c1-6-2-4-7(5-3-6)20(16,17)13-8(18(9,10)14)19(11,12)15/h2-5,8,13H,1H3. The average molecular weight is 320 g/mol. The maximum atomic E-state index is 12.1. The number of hydrogen-bond donors (Lipinski definition) is 1. The van der Waals surface area contributed by atoms with Crippen molar-refractivity contribution in [1.29, 1.82) is 0 Å². The van der Waals surface area contributed by atoms with Crippen LogP contribution in [-0.4, -0.2) is 44.2 Å². The van der Waals surface area contributed by atoms with Gasteiger partial charge < -0.3 is 9.13 Å². The molecule has 5 nitrogen and oxygen atoms in total. The minimum absolute atomic E-state index is 0.144. The summed E-state index contributed by atoms with van der Waals surface area (Å²) in [5, 5.41) is 0. The molecule has 0 saturated heterocycles. The van der Waals surface area contributed by atoms with Crippen molar-refractivity contribution in [3.63, 3.8) is 0 Å². The normalized spacial score (nSPS) is 13.5. The minimum atomic E-state index is -4.16. The van der Waals surface area contributed by atoms with Gasteiger partial charge in [0.15, 0.2) is 30.3 Å². The maximum absolute atomic E-state index is 12.1. The molecule has 98 valence electrons. The lowest BCUT2D eigenvalue weighted by molar-refractivity contribution is 0.565. The Balaban J connectivity index is 3.20. The molecule has 0 aliphatic heterocycles. The monoisotopic (exact) mass is 321 g/mol. The van der Waals surface area contributed by atoms with E-state index in [0.29, 0.717) is 0 Å². The van der Waals surface area contributed by atoms with Gasteiger partial charge in [-0.05, 0) is 19.1 Å². The van der Waals surface area contributed by atoms with Crippen LogP contribution in [0.25, 0.3) is 0 Å². The van der Waals surface area contributed by atoms with Gasteiger partial charge >= 0.3 is 0 Å². The van der Waals surface area contributed by atoms with Gasteiger partial charge in [0, 0.05) is 13.8 Å². The van der Waals surface area contributed by atoms with Crippen LogP contribution in [0.5, 0.6) is 0 Å². The van der Waals surface area contributed by atoms with Gasteiger partial charge in [0.1, 0.15) is 0 Å². The molecule has 0 amide bonds. The van der Waals surface area contributed by atoms with Crippen molar-refractivity contribution in [2.24, 2.45) is 0 Å². The Hall–Kier alpha value is -0.150. The number of rotatable bonds is 5. The third kappa shape index (κ3) is 4.70. The number of sulfonamides is 1. The van der Waals surface area contributed by atoms with Gasteiger partial charge in [-0.3, -0.25) is 0 Å². The van der Waals surface area contributed by atoms with E-state index >= 15 is 0 Å². The topological polar surface area (TPSA) is 80.3 Å². The molecule has 8 radical (unpaired) electrons. The van der Waals surface area contributed by atoms with Crippen molar-refractivity contribution in [2.45, 2.75) is 17.3 Å². The minimum Gasteiger partial charge on any atom is -0.344 e. The second kappa shape index (κ2) is 5.92. The van der Waals surface area contributed by atoms with Crippen LogP contribution in [-0.2, 0) is 19.2 Å². The van der Waals surface area contributed by atoms with Gasteiger partial charge in [-0.2, -0.15) is 4.72 Å². The average Bonchev–Trinajstić information content (AvgIpc) is 2.23. The zero-order valence-electron chi connectivity index (χ0n) is 10.6. The quantitative estimate of drug-likeness (QED) is 0.637. The molecular formula is C8H9B4NO4P2S. The van der Waals surface area contributed by atoms with Gasteiger partial charge in [0.2, 0.25) is 10.0 Å². The van der Waals surface area contributed by atoms with E-state index in [1.54, 1.807) is 19.1 Å². The highest BCUT2D eigenvalue weighted by molar-refractivity contribution is 8.20. The zero-order chi connectivity index (χ0) is 15.8. The summed E-state index contributed by atoms with van der Waals surface area (Å²) in [6.45, 7) is -6.48. The van der Waals surface area contributed by atoms with Crippen LogP contribution in [0.1, 0.15) is 5.56 Å². The van der Waals surface area contributed by atoms with E-state index in [0.717, 1.165) is 5.56 Å². The number of nitrogens with one attached hydrogen (secondary N) is 1. The summed E-state index contributed by atoms with van der Waals surface area (Å²) in [4.78, 5) is -0.144. The van der Waals surface area contributed by atoms with Crippen LogP contribution in [0.15, 0.2) is 29.2 Å². The fourth-order valence-electron chi connectivity index (χ4n) is 1.37. The lowest BCUT2D eigenvalue weighted by Gasteiger charge is -2.28. The third-order valence-electron chi connectivity index (χ3n) is 2.36. The van der Waals surface area contributed by atoms with Gasteiger partial charge in [-0.15, -0.1) is 0 Å². The summed E-state index contributed by atoms with van der Waals surface area (Å²) in [5.74, 6) is 0.